The summed E-state index contributed by atoms with van der Waals surface area (Å²) in [6.07, 6.45) is -1.50. The largest absolute Gasteiger partial charge is 0.390 e. The summed E-state index contributed by atoms with van der Waals surface area (Å²) in [4.78, 5) is 0. The van der Waals surface area contributed by atoms with Gasteiger partial charge in [-0.25, -0.2) is 0 Å². The molecule has 1 fully saturated rings. The highest BCUT2D eigenvalue weighted by Crippen LogP contribution is 2.18. The number of aliphatic hydroxyl groups is 3. The van der Waals surface area contributed by atoms with Crippen molar-refractivity contribution in [1.29, 1.82) is 0 Å². The fourth-order valence-electron chi connectivity index (χ4n) is 1.33. The van der Waals surface area contributed by atoms with E-state index in [1.807, 2.05) is 6.92 Å². The Morgan fingerprint density at radius 2 is 2.08 bits per heavy atom. The van der Waals surface area contributed by atoms with E-state index in [0.29, 0.717) is 12.8 Å². The Kier molecular flexibility index (Phi) is 3.46. The zero-order valence-corrected chi connectivity index (χ0v) is 7.18. The van der Waals surface area contributed by atoms with Gasteiger partial charge in [0.2, 0.25) is 0 Å². The molecule has 4 nitrogen and oxygen atoms in total. The van der Waals surface area contributed by atoms with Crippen molar-refractivity contribution in [3.8, 4) is 0 Å². The molecule has 0 aromatic carbocycles. The monoisotopic (exact) mass is 176 g/mol. The summed E-state index contributed by atoms with van der Waals surface area (Å²) in [5, 5.41) is 27.7. The van der Waals surface area contributed by atoms with Gasteiger partial charge in [-0.2, -0.15) is 0 Å². The molecule has 4 atom stereocenters. The molecule has 0 aromatic rings. The average molecular weight is 176 g/mol. The van der Waals surface area contributed by atoms with Crippen LogP contribution in [0.4, 0.5) is 0 Å². The molecule has 1 rings (SSSR count). The van der Waals surface area contributed by atoms with E-state index < -0.39 is 18.3 Å². The minimum absolute atomic E-state index is 0.114. The summed E-state index contributed by atoms with van der Waals surface area (Å²) in [5.41, 5.74) is 0. The lowest BCUT2D eigenvalue weighted by atomic mass is 9.99. The van der Waals surface area contributed by atoms with E-state index in [2.05, 4.69) is 0 Å². The highest BCUT2D eigenvalue weighted by Gasteiger charge is 2.31. The van der Waals surface area contributed by atoms with Crippen molar-refractivity contribution < 1.29 is 20.1 Å². The molecule has 12 heavy (non-hydrogen) atoms. The van der Waals surface area contributed by atoms with Gasteiger partial charge in [-0.05, 0) is 6.42 Å². The maximum absolute atomic E-state index is 9.37. The van der Waals surface area contributed by atoms with E-state index in [-0.39, 0.29) is 12.7 Å². The van der Waals surface area contributed by atoms with Crippen LogP contribution in [-0.2, 0) is 4.74 Å². The van der Waals surface area contributed by atoms with Crippen molar-refractivity contribution in [2.24, 2.45) is 0 Å². The third kappa shape index (κ3) is 2.17. The third-order valence-electron chi connectivity index (χ3n) is 2.25. The Bertz CT molecular complexity index is 139. The number of ether oxygens (including phenoxy) is 1. The molecule has 0 bridgehead atoms. The minimum Gasteiger partial charge on any atom is -0.390 e. The number of aliphatic hydroxyl groups excluding tert-OH is 3. The Balaban J connectivity index is 2.39. The van der Waals surface area contributed by atoms with Crippen molar-refractivity contribution in [2.45, 2.75) is 44.2 Å². The van der Waals surface area contributed by atoms with Gasteiger partial charge >= 0.3 is 0 Å². The average Bonchev–Trinajstić information content (AvgIpc) is 2.08. The molecule has 0 aromatic heterocycles. The van der Waals surface area contributed by atoms with Crippen LogP contribution in [0.5, 0.6) is 0 Å². The molecule has 1 saturated heterocycles. The molecule has 1 heterocycles. The van der Waals surface area contributed by atoms with Crippen LogP contribution < -0.4 is 0 Å². The van der Waals surface area contributed by atoms with Crippen LogP contribution in [0.3, 0.4) is 0 Å². The SMILES string of the molecule is CC[C@H](O)[C@@H]1C[C@H](O)[C@H](O)CO1. The first-order chi connectivity index (χ1) is 5.65. The Labute approximate surface area is 71.8 Å². The lowest BCUT2D eigenvalue weighted by Gasteiger charge is -2.32. The molecule has 3 N–H and O–H groups in total. The molecule has 72 valence electrons. The van der Waals surface area contributed by atoms with Gasteiger partial charge in [0.25, 0.3) is 0 Å². The Morgan fingerprint density at radius 3 is 2.58 bits per heavy atom. The molecule has 4 heteroatoms. The van der Waals surface area contributed by atoms with Crippen LogP contribution in [-0.4, -0.2) is 46.3 Å². The van der Waals surface area contributed by atoms with Gasteiger partial charge < -0.3 is 20.1 Å². The third-order valence-corrected chi connectivity index (χ3v) is 2.25. The predicted octanol–water partition coefficient (Wildman–Crippen LogP) is -0.732. The van der Waals surface area contributed by atoms with Gasteiger partial charge in [-0.3, -0.25) is 0 Å². The van der Waals surface area contributed by atoms with Crippen molar-refractivity contribution in [3.63, 3.8) is 0 Å². The van der Waals surface area contributed by atoms with Gasteiger partial charge in [-0.15, -0.1) is 0 Å². The second-order valence-corrected chi connectivity index (χ2v) is 3.22. The van der Waals surface area contributed by atoms with Gasteiger partial charge in [0.15, 0.2) is 0 Å². The van der Waals surface area contributed by atoms with Crippen molar-refractivity contribution >= 4 is 0 Å². The Hall–Kier alpha value is -0.160. The lowest BCUT2D eigenvalue weighted by molar-refractivity contribution is -0.150. The first-order valence-electron chi connectivity index (χ1n) is 4.31. The molecule has 0 amide bonds. The van der Waals surface area contributed by atoms with E-state index in [9.17, 15) is 10.2 Å². The van der Waals surface area contributed by atoms with Gasteiger partial charge in [0.1, 0.15) is 6.10 Å². The molecule has 0 aliphatic carbocycles. The van der Waals surface area contributed by atoms with E-state index in [4.69, 9.17) is 9.84 Å². The maximum Gasteiger partial charge on any atom is 0.103 e. The first-order valence-corrected chi connectivity index (χ1v) is 4.31. The van der Waals surface area contributed by atoms with Crippen LogP contribution >= 0.6 is 0 Å². The molecule has 1 aliphatic rings. The van der Waals surface area contributed by atoms with Crippen molar-refractivity contribution in [1.82, 2.24) is 0 Å². The molecule has 0 saturated carbocycles. The predicted molar refractivity (Wildman–Crippen MR) is 42.7 cm³/mol. The first kappa shape index (κ1) is 9.92. The quantitative estimate of drug-likeness (QED) is 0.518. The normalized spacial score (nSPS) is 39.5. The van der Waals surface area contributed by atoms with E-state index in [1.165, 1.54) is 0 Å². The van der Waals surface area contributed by atoms with E-state index in [0.717, 1.165) is 0 Å². The summed E-state index contributed by atoms with van der Waals surface area (Å²) in [6.45, 7) is 1.97. The molecule has 1 aliphatic heterocycles. The fourth-order valence-corrected chi connectivity index (χ4v) is 1.33. The van der Waals surface area contributed by atoms with Gasteiger partial charge in [0.05, 0.1) is 24.9 Å². The highest BCUT2D eigenvalue weighted by molar-refractivity contribution is 4.81. The van der Waals surface area contributed by atoms with Crippen LogP contribution in [0.1, 0.15) is 19.8 Å². The summed E-state index contributed by atoms with van der Waals surface area (Å²) >= 11 is 0. The Morgan fingerprint density at radius 1 is 1.42 bits per heavy atom. The van der Waals surface area contributed by atoms with Crippen molar-refractivity contribution in [3.05, 3.63) is 0 Å². The molecule has 0 spiro atoms. The standard InChI is InChI=1S/C8H16O4/c1-2-5(9)8-3-6(10)7(11)4-12-8/h5-11H,2-4H2,1H3/t5-,6-,7+,8-/m0/s1. The van der Waals surface area contributed by atoms with E-state index in [1.54, 1.807) is 0 Å². The van der Waals surface area contributed by atoms with Crippen LogP contribution in [0, 0.1) is 0 Å². The van der Waals surface area contributed by atoms with Crippen molar-refractivity contribution in [2.75, 3.05) is 6.61 Å². The molecular weight excluding hydrogens is 160 g/mol. The zero-order chi connectivity index (χ0) is 9.14. The fraction of sp³-hybridized carbons (Fsp3) is 1.00. The number of hydrogen-bond acceptors (Lipinski definition) is 4. The minimum atomic E-state index is -0.801. The number of hydrogen-bond donors (Lipinski definition) is 3. The lowest BCUT2D eigenvalue weighted by Crippen LogP contribution is -2.45. The van der Waals surface area contributed by atoms with Crippen LogP contribution in [0.2, 0.25) is 0 Å². The summed E-state index contributed by atoms with van der Waals surface area (Å²) < 4.78 is 5.15. The summed E-state index contributed by atoms with van der Waals surface area (Å²) in [7, 11) is 0. The second kappa shape index (κ2) is 4.18. The van der Waals surface area contributed by atoms with Crippen LogP contribution in [0.25, 0.3) is 0 Å². The molecular formula is C8H16O4. The highest BCUT2D eigenvalue weighted by atomic mass is 16.5. The summed E-state index contributed by atoms with van der Waals surface area (Å²) in [6, 6.07) is 0. The van der Waals surface area contributed by atoms with E-state index >= 15 is 0 Å². The second-order valence-electron chi connectivity index (χ2n) is 3.22. The zero-order valence-electron chi connectivity index (χ0n) is 7.18. The van der Waals surface area contributed by atoms with Crippen LogP contribution in [0.15, 0.2) is 0 Å². The van der Waals surface area contributed by atoms with Gasteiger partial charge in [-0.1, -0.05) is 6.92 Å². The molecule has 0 radical (unpaired) electrons. The van der Waals surface area contributed by atoms with Gasteiger partial charge in [0, 0.05) is 6.42 Å². The maximum atomic E-state index is 9.37. The summed E-state index contributed by atoms with van der Waals surface area (Å²) in [5.74, 6) is 0. The smallest absolute Gasteiger partial charge is 0.103 e. The topological polar surface area (TPSA) is 69.9 Å². The molecule has 0 unspecified atom stereocenters. The number of rotatable bonds is 2.